The van der Waals surface area contributed by atoms with Crippen molar-refractivity contribution in [2.45, 2.75) is 64.0 Å². The molecule has 4 rings (SSSR count). The summed E-state index contributed by atoms with van der Waals surface area (Å²) in [5.74, 6) is 1.23. The van der Waals surface area contributed by atoms with E-state index in [1.54, 1.807) is 13.1 Å². The molecule has 1 amide bonds. The van der Waals surface area contributed by atoms with Gasteiger partial charge in [-0.2, -0.15) is 0 Å². The first-order valence-electron chi connectivity index (χ1n) is 10.6. The molecule has 1 aliphatic heterocycles. The van der Waals surface area contributed by atoms with Crippen molar-refractivity contribution in [3.05, 3.63) is 27.8 Å². The zero-order valence-electron chi connectivity index (χ0n) is 16.7. The second kappa shape index (κ2) is 7.60. The smallest absolute Gasteiger partial charge is 0.293 e. The highest BCUT2D eigenvalue weighted by molar-refractivity contribution is 6.02. The first kappa shape index (κ1) is 19.0. The first-order chi connectivity index (χ1) is 13.5. The number of hydrogen-bond donors (Lipinski definition) is 2. The Morgan fingerprint density at radius 1 is 1.18 bits per heavy atom. The lowest BCUT2D eigenvalue weighted by atomic mass is 9.87. The van der Waals surface area contributed by atoms with E-state index >= 15 is 0 Å². The number of rotatable bonds is 5. The number of amides is 1. The Bertz CT molecular complexity index is 773. The van der Waals surface area contributed by atoms with E-state index in [0.29, 0.717) is 29.1 Å². The molecule has 1 saturated heterocycles. The number of hydrogen-bond acceptors (Lipinski definition) is 5. The zero-order valence-corrected chi connectivity index (χ0v) is 16.7. The van der Waals surface area contributed by atoms with Crippen LogP contribution in [0.15, 0.2) is 12.1 Å². The summed E-state index contributed by atoms with van der Waals surface area (Å²) in [7, 11) is 1.68. The molecular weight excluding hydrogens is 356 g/mol. The molecule has 3 fully saturated rings. The molecule has 1 aromatic carbocycles. The molecule has 0 aromatic heterocycles. The van der Waals surface area contributed by atoms with E-state index < -0.39 is 4.92 Å². The van der Waals surface area contributed by atoms with Crippen LogP contribution in [0.1, 0.15) is 62.2 Å². The molecule has 7 nitrogen and oxygen atoms in total. The standard InChI is InChI=1S/C21H30N4O3/c1-13-6-8-15(9-7-13)23-21(26)16-10-20(25(27)28)17(22-2)11-19(16)24-12-14-4-3-5-18(14)24/h10-11,13-15,18,22H,3-9,12H2,1-2H3,(H,23,26). The van der Waals surface area contributed by atoms with Crippen molar-refractivity contribution in [1.29, 1.82) is 0 Å². The van der Waals surface area contributed by atoms with E-state index in [1.807, 2.05) is 0 Å². The van der Waals surface area contributed by atoms with Crippen LogP contribution < -0.4 is 15.5 Å². The first-order valence-corrected chi connectivity index (χ1v) is 10.6. The maximum atomic E-state index is 13.1. The van der Waals surface area contributed by atoms with E-state index in [0.717, 1.165) is 44.3 Å². The molecule has 1 aromatic rings. The Morgan fingerprint density at radius 3 is 2.57 bits per heavy atom. The lowest BCUT2D eigenvalue weighted by Crippen LogP contribution is -2.54. The van der Waals surface area contributed by atoms with Crippen molar-refractivity contribution in [3.63, 3.8) is 0 Å². The predicted octanol–water partition coefficient (Wildman–Crippen LogP) is 3.93. The molecule has 2 N–H and O–H groups in total. The van der Waals surface area contributed by atoms with Gasteiger partial charge in [0.1, 0.15) is 5.69 Å². The van der Waals surface area contributed by atoms with E-state index in [9.17, 15) is 14.9 Å². The Balaban J connectivity index is 1.64. The van der Waals surface area contributed by atoms with Crippen molar-refractivity contribution in [2.24, 2.45) is 11.8 Å². The van der Waals surface area contributed by atoms with Crippen molar-refractivity contribution >= 4 is 23.0 Å². The summed E-state index contributed by atoms with van der Waals surface area (Å²) in [5, 5.41) is 17.6. The molecule has 0 spiro atoms. The topological polar surface area (TPSA) is 87.5 Å². The van der Waals surface area contributed by atoms with Crippen LogP contribution in [-0.2, 0) is 0 Å². The molecule has 28 heavy (non-hydrogen) atoms. The molecule has 0 bridgehead atoms. The third kappa shape index (κ3) is 3.42. The van der Waals surface area contributed by atoms with Crippen LogP contribution >= 0.6 is 0 Å². The van der Waals surface area contributed by atoms with Crippen molar-refractivity contribution < 1.29 is 9.72 Å². The summed E-state index contributed by atoms with van der Waals surface area (Å²) in [5.41, 5.74) is 1.69. The van der Waals surface area contributed by atoms with Crippen LogP contribution in [-0.4, -0.2) is 36.5 Å². The Labute approximate surface area is 166 Å². The minimum absolute atomic E-state index is 0.0443. The van der Waals surface area contributed by atoms with Gasteiger partial charge < -0.3 is 15.5 Å². The van der Waals surface area contributed by atoms with E-state index in [-0.39, 0.29) is 17.6 Å². The summed E-state index contributed by atoms with van der Waals surface area (Å²) in [6, 6.07) is 3.89. The van der Waals surface area contributed by atoms with Crippen molar-refractivity contribution in [3.8, 4) is 0 Å². The molecule has 2 aliphatic carbocycles. The lowest BCUT2D eigenvalue weighted by molar-refractivity contribution is -0.384. The number of nitrogens with zero attached hydrogens (tertiary/aromatic N) is 2. The average molecular weight is 386 g/mol. The average Bonchev–Trinajstić information content (AvgIpc) is 3.03. The van der Waals surface area contributed by atoms with Gasteiger partial charge in [0.2, 0.25) is 0 Å². The third-order valence-electron chi connectivity index (χ3n) is 6.94. The van der Waals surface area contributed by atoms with Crippen LogP contribution in [0.4, 0.5) is 17.1 Å². The summed E-state index contributed by atoms with van der Waals surface area (Å²) < 4.78 is 0. The van der Waals surface area contributed by atoms with Gasteiger partial charge in [-0.25, -0.2) is 0 Å². The quantitative estimate of drug-likeness (QED) is 0.591. The Morgan fingerprint density at radius 2 is 1.93 bits per heavy atom. The minimum Gasteiger partial charge on any atom is -0.383 e. The Kier molecular flexibility index (Phi) is 5.17. The van der Waals surface area contributed by atoms with Gasteiger partial charge in [-0.15, -0.1) is 0 Å². The number of nitro groups is 1. The van der Waals surface area contributed by atoms with Gasteiger partial charge in [0.15, 0.2) is 0 Å². The van der Waals surface area contributed by atoms with Gasteiger partial charge in [-0.1, -0.05) is 13.3 Å². The van der Waals surface area contributed by atoms with E-state index in [2.05, 4.69) is 22.5 Å². The van der Waals surface area contributed by atoms with Crippen LogP contribution in [0.3, 0.4) is 0 Å². The minimum atomic E-state index is -0.414. The number of carbonyl (C=O) groups is 1. The fourth-order valence-corrected chi connectivity index (χ4v) is 5.18. The largest absolute Gasteiger partial charge is 0.383 e. The highest BCUT2D eigenvalue weighted by Gasteiger charge is 2.43. The predicted molar refractivity (Wildman–Crippen MR) is 110 cm³/mol. The number of nitrogens with one attached hydrogen (secondary N) is 2. The monoisotopic (exact) mass is 386 g/mol. The van der Waals surface area contributed by atoms with Crippen LogP contribution in [0.5, 0.6) is 0 Å². The number of anilines is 2. The molecule has 0 radical (unpaired) electrons. The highest BCUT2D eigenvalue weighted by atomic mass is 16.6. The number of nitro benzene ring substituents is 1. The summed E-state index contributed by atoms with van der Waals surface area (Å²) in [6.45, 7) is 3.19. The zero-order chi connectivity index (χ0) is 19.8. The van der Waals surface area contributed by atoms with Crippen molar-refractivity contribution in [2.75, 3.05) is 23.8 Å². The summed E-state index contributed by atoms with van der Waals surface area (Å²) >= 11 is 0. The lowest BCUT2D eigenvalue weighted by Gasteiger charge is -2.47. The van der Waals surface area contributed by atoms with E-state index in [1.165, 1.54) is 18.9 Å². The van der Waals surface area contributed by atoms with Crippen LogP contribution in [0, 0.1) is 22.0 Å². The van der Waals surface area contributed by atoms with Crippen molar-refractivity contribution in [1.82, 2.24) is 5.32 Å². The van der Waals surface area contributed by atoms with E-state index in [4.69, 9.17) is 0 Å². The van der Waals surface area contributed by atoms with Gasteiger partial charge >= 0.3 is 0 Å². The Hall–Kier alpha value is -2.31. The van der Waals surface area contributed by atoms with Gasteiger partial charge in [-0.3, -0.25) is 14.9 Å². The normalized spacial score (nSPS) is 29.0. The second-order valence-electron chi connectivity index (χ2n) is 8.73. The SMILES string of the molecule is CNc1cc(N2CC3CCCC32)c(C(=O)NC2CCC(C)CC2)cc1[N+](=O)[O-]. The fraction of sp³-hybridized carbons (Fsp3) is 0.667. The second-order valence-corrected chi connectivity index (χ2v) is 8.73. The maximum Gasteiger partial charge on any atom is 0.293 e. The summed E-state index contributed by atoms with van der Waals surface area (Å²) in [4.78, 5) is 26.6. The molecule has 2 atom stereocenters. The van der Waals surface area contributed by atoms with Gasteiger partial charge in [0, 0.05) is 31.7 Å². The molecule has 152 valence electrons. The number of benzene rings is 1. The highest BCUT2D eigenvalue weighted by Crippen LogP contribution is 2.45. The number of carbonyl (C=O) groups excluding carboxylic acids is 1. The molecular formula is C21H30N4O3. The fourth-order valence-electron chi connectivity index (χ4n) is 5.18. The van der Waals surface area contributed by atoms with Gasteiger partial charge in [-0.05, 0) is 56.4 Å². The van der Waals surface area contributed by atoms with Crippen LogP contribution in [0.25, 0.3) is 0 Å². The molecule has 2 unspecified atom stereocenters. The maximum absolute atomic E-state index is 13.1. The molecule has 3 aliphatic rings. The van der Waals surface area contributed by atoms with Gasteiger partial charge in [0.25, 0.3) is 11.6 Å². The molecule has 2 saturated carbocycles. The molecule has 1 heterocycles. The van der Waals surface area contributed by atoms with Crippen LogP contribution in [0.2, 0.25) is 0 Å². The number of fused-ring (bicyclic) bond motifs is 1. The molecule has 7 heteroatoms. The van der Waals surface area contributed by atoms with Gasteiger partial charge in [0.05, 0.1) is 16.2 Å². The third-order valence-corrected chi connectivity index (χ3v) is 6.94. The summed E-state index contributed by atoms with van der Waals surface area (Å²) in [6.07, 6.45) is 7.80.